The molecule has 1 rings (SSSR count). The van der Waals surface area contributed by atoms with Gasteiger partial charge < -0.3 is 5.32 Å². The van der Waals surface area contributed by atoms with Crippen LogP contribution in [0.5, 0.6) is 0 Å². The lowest BCUT2D eigenvalue weighted by atomic mass is 10.2. The van der Waals surface area contributed by atoms with Crippen LogP contribution in [-0.2, 0) is 24.7 Å². The second-order valence-electron chi connectivity index (χ2n) is 5.22. The van der Waals surface area contributed by atoms with Crippen molar-refractivity contribution >= 4 is 31.5 Å². The first-order valence-corrected chi connectivity index (χ1v) is 10.4. The SMILES string of the molecule is CC(CS(=O)(=O)Nc1cccc(F)c1)C(=O)NCCS(C)(=O)=O. The molecule has 2 N–H and O–H groups in total. The van der Waals surface area contributed by atoms with Crippen LogP contribution >= 0.6 is 0 Å². The highest BCUT2D eigenvalue weighted by molar-refractivity contribution is 7.92. The maximum atomic E-state index is 13.0. The zero-order chi connectivity index (χ0) is 17.7. The van der Waals surface area contributed by atoms with Gasteiger partial charge in [-0.25, -0.2) is 21.2 Å². The van der Waals surface area contributed by atoms with Gasteiger partial charge in [0.05, 0.1) is 23.1 Å². The highest BCUT2D eigenvalue weighted by Gasteiger charge is 2.21. The van der Waals surface area contributed by atoms with E-state index in [-0.39, 0.29) is 18.0 Å². The standard InChI is InChI=1S/C13H19FN2O5S2/c1-10(13(17)15-6-7-22(2,18)19)9-23(20,21)16-12-5-3-4-11(14)8-12/h3-5,8,10,16H,6-7,9H2,1-2H3,(H,15,17). The van der Waals surface area contributed by atoms with E-state index in [0.717, 1.165) is 12.3 Å². The summed E-state index contributed by atoms with van der Waals surface area (Å²) >= 11 is 0. The highest BCUT2D eigenvalue weighted by Crippen LogP contribution is 2.12. The number of anilines is 1. The van der Waals surface area contributed by atoms with Crippen LogP contribution in [-0.4, -0.2) is 47.0 Å². The van der Waals surface area contributed by atoms with Gasteiger partial charge in [0, 0.05) is 12.8 Å². The molecule has 0 aromatic heterocycles. The van der Waals surface area contributed by atoms with Crippen LogP contribution in [0.3, 0.4) is 0 Å². The summed E-state index contributed by atoms with van der Waals surface area (Å²) in [4.78, 5) is 11.8. The Morgan fingerprint density at radius 1 is 1.26 bits per heavy atom. The van der Waals surface area contributed by atoms with E-state index < -0.39 is 43.3 Å². The number of carbonyl (C=O) groups excluding carboxylic acids is 1. The average Bonchev–Trinajstić information content (AvgIpc) is 2.35. The molecule has 0 aliphatic heterocycles. The third-order valence-corrected chi connectivity index (χ3v) is 5.22. The minimum absolute atomic E-state index is 0.0645. The van der Waals surface area contributed by atoms with E-state index in [0.29, 0.717) is 0 Å². The quantitative estimate of drug-likeness (QED) is 0.691. The largest absolute Gasteiger partial charge is 0.355 e. The summed E-state index contributed by atoms with van der Waals surface area (Å²) < 4.78 is 61.0. The number of sulfone groups is 1. The molecule has 0 spiro atoms. The topological polar surface area (TPSA) is 109 Å². The van der Waals surface area contributed by atoms with E-state index in [2.05, 4.69) is 10.0 Å². The molecule has 0 bridgehead atoms. The van der Waals surface area contributed by atoms with Crippen LogP contribution < -0.4 is 10.0 Å². The number of hydrogen-bond acceptors (Lipinski definition) is 5. The van der Waals surface area contributed by atoms with Gasteiger partial charge in [-0.15, -0.1) is 0 Å². The predicted octanol–water partition coefficient (Wildman–Crippen LogP) is 0.364. The van der Waals surface area contributed by atoms with Crippen molar-refractivity contribution in [1.29, 1.82) is 0 Å². The fourth-order valence-corrected chi connectivity index (χ4v) is 3.56. The van der Waals surface area contributed by atoms with Gasteiger partial charge in [0.25, 0.3) is 0 Å². The van der Waals surface area contributed by atoms with Crippen molar-refractivity contribution in [2.45, 2.75) is 6.92 Å². The molecule has 0 aliphatic carbocycles. The molecule has 7 nitrogen and oxygen atoms in total. The Balaban J connectivity index is 2.57. The number of halogens is 1. The second-order valence-corrected chi connectivity index (χ2v) is 9.24. The van der Waals surface area contributed by atoms with E-state index in [9.17, 15) is 26.0 Å². The van der Waals surface area contributed by atoms with Crippen LogP contribution in [0.2, 0.25) is 0 Å². The summed E-state index contributed by atoms with van der Waals surface area (Å²) in [5.41, 5.74) is 0.0645. The molecule has 1 aromatic carbocycles. The fourth-order valence-electron chi connectivity index (χ4n) is 1.71. The minimum Gasteiger partial charge on any atom is -0.355 e. The fraction of sp³-hybridized carbons (Fsp3) is 0.462. The Morgan fingerprint density at radius 2 is 1.91 bits per heavy atom. The minimum atomic E-state index is -3.84. The van der Waals surface area contributed by atoms with Crippen molar-refractivity contribution in [2.24, 2.45) is 5.92 Å². The van der Waals surface area contributed by atoms with Gasteiger partial charge in [0.2, 0.25) is 15.9 Å². The number of rotatable bonds is 8. The van der Waals surface area contributed by atoms with Crippen molar-refractivity contribution in [3.05, 3.63) is 30.1 Å². The van der Waals surface area contributed by atoms with Gasteiger partial charge in [0.1, 0.15) is 15.7 Å². The lowest BCUT2D eigenvalue weighted by Crippen LogP contribution is -2.36. The van der Waals surface area contributed by atoms with Crippen LogP contribution in [0, 0.1) is 11.7 Å². The molecule has 130 valence electrons. The lowest BCUT2D eigenvalue weighted by Gasteiger charge is -2.13. The van der Waals surface area contributed by atoms with Crippen LogP contribution in [0.25, 0.3) is 0 Å². The average molecular weight is 366 g/mol. The first-order chi connectivity index (χ1) is 10.5. The smallest absolute Gasteiger partial charge is 0.233 e. The van der Waals surface area contributed by atoms with Gasteiger partial charge in [-0.2, -0.15) is 0 Å². The van der Waals surface area contributed by atoms with Crippen molar-refractivity contribution < 1.29 is 26.0 Å². The van der Waals surface area contributed by atoms with Crippen molar-refractivity contribution in [1.82, 2.24) is 5.32 Å². The van der Waals surface area contributed by atoms with Crippen LogP contribution in [0.15, 0.2) is 24.3 Å². The van der Waals surface area contributed by atoms with Crippen LogP contribution in [0.1, 0.15) is 6.92 Å². The van der Waals surface area contributed by atoms with Crippen molar-refractivity contribution in [3.8, 4) is 0 Å². The lowest BCUT2D eigenvalue weighted by molar-refractivity contribution is -0.123. The normalized spacial score (nSPS) is 13.3. The van der Waals surface area contributed by atoms with E-state index in [1.807, 2.05) is 0 Å². The predicted molar refractivity (Wildman–Crippen MR) is 85.7 cm³/mol. The number of amides is 1. The molecule has 0 aliphatic rings. The second kappa shape index (κ2) is 7.73. The highest BCUT2D eigenvalue weighted by atomic mass is 32.2. The molecule has 10 heteroatoms. The van der Waals surface area contributed by atoms with Crippen molar-refractivity contribution in [2.75, 3.05) is 29.0 Å². The number of benzene rings is 1. The maximum absolute atomic E-state index is 13.0. The summed E-state index contributed by atoms with van der Waals surface area (Å²) in [5.74, 6) is -2.77. The third kappa shape index (κ3) is 7.93. The van der Waals surface area contributed by atoms with Gasteiger partial charge in [0.15, 0.2) is 0 Å². The van der Waals surface area contributed by atoms with E-state index in [4.69, 9.17) is 0 Å². The Labute approximate surface area is 135 Å². The Bertz CT molecular complexity index is 762. The van der Waals surface area contributed by atoms with Gasteiger partial charge in [-0.05, 0) is 18.2 Å². The zero-order valence-electron chi connectivity index (χ0n) is 12.7. The molecule has 0 saturated carbocycles. The zero-order valence-corrected chi connectivity index (χ0v) is 14.4. The molecule has 0 saturated heterocycles. The van der Waals surface area contributed by atoms with Crippen LogP contribution in [0.4, 0.5) is 10.1 Å². The van der Waals surface area contributed by atoms with Gasteiger partial charge in [-0.1, -0.05) is 13.0 Å². The number of hydrogen-bond donors (Lipinski definition) is 2. The summed E-state index contributed by atoms with van der Waals surface area (Å²) in [6.07, 6.45) is 1.04. The first kappa shape index (κ1) is 19.4. The maximum Gasteiger partial charge on any atom is 0.233 e. The first-order valence-electron chi connectivity index (χ1n) is 6.70. The summed E-state index contributed by atoms with van der Waals surface area (Å²) in [6.45, 7) is 1.32. The van der Waals surface area contributed by atoms with E-state index in [1.54, 1.807) is 0 Å². The summed E-state index contributed by atoms with van der Waals surface area (Å²) in [5, 5.41) is 2.36. The molecule has 1 aromatic rings. The van der Waals surface area contributed by atoms with Gasteiger partial charge in [-0.3, -0.25) is 9.52 Å². The monoisotopic (exact) mass is 366 g/mol. The molecule has 1 atom stereocenters. The Morgan fingerprint density at radius 3 is 2.48 bits per heavy atom. The molecular weight excluding hydrogens is 347 g/mol. The van der Waals surface area contributed by atoms with Gasteiger partial charge >= 0.3 is 0 Å². The van der Waals surface area contributed by atoms with E-state index in [1.165, 1.54) is 25.1 Å². The molecular formula is C13H19FN2O5S2. The number of carbonyl (C=O) groups is 1. The summed E-state index contributed by atoms with van der Waals surface area (Å²) in [6, 6.07) is 4.94. The molecule has 1 amide bonds. The Hall–Kier alpha value is -1.68. The molecule has 0 heterocycles. The summed E-state index contributed by atoms with van der Waals surface area (Å²) in [7, 11) is -7.05. The Kier molecular flexibility index (Phi) is 6.51. The third-order valence-electron chi connectivity index (χ3n) is 2.79. The molecule has 1 unspecified atom stereocenters. The molecule has 23 heavy (non-hydrogen) atoms. The molecule has 0 radical (unpaired) electrons. The molecule has 0 fully saturated rings. The van der Waals surface area contributed by atoms with Crippen molar-refractivity contribution in [3.63, 3.8) is 0 Å². The van der Waals surface area contributed by atoms with E-state index >= 15 is 0 Å². The number of sulfonamides is 1. The number of nitrogens with one attached hydrogen (secondary N) is 2.